The summed E-state index contributed by atoms with van der Waals surface area (Å²) in [6.45, 7) is 5.97. The Bertz CT molecular complexity index is 669. The molecule has 0 radical (unpaired) electrons. The molecule has 21 heavy (non-hydrogen) atoms. The average molecular weight is 300 g/mol. The molecule has 0 saturated carbocycles. The van der Waals surface area contributed by atoms with E-state index in [1.807, 2.05) is 24.4 Å². The van der Waals surface area contributed by atoms with E-state index >= 15 is 0 Å². The first kappa shape index (κ1) is 15.1. The van der Waals surface area contributed by atoms with Gasteiger partial charge in [0.2, 0.25) is 0 Å². The van der Waals surface area contributed by atoms with Crippen molar-refractivity contribution in [1.82, 2.24) is 0 Å². The van der Waals surface area contributed by atoms with Gasteiger partial charge in [-0.05, 0) is 48.2 Å². The van der Waals surface area contributed by atoms with Crippen molar-refractivity contribution in [3.8, 4) is 11.5 Å². The van der Waals surface area contributed by atoms with E-state index in [9.17, 15) is 9.90 Å². The fraction of sp³-hybridized carbons (Fsp3) is 0.118. The van der Waals surface area contributed by atoms with Crippen molar-refractivity contribution < 1.29 is 14.6 Å². The summed E-state index contributed by atoms with van der Waals surface area (Å²) in [6, 6.07) is 8.50. The molecule has 0 aliphatic rings. The highest BCUT2D eigenvalue weighted by atomic mass is 32.1. The second-order valence-corrected chi connectivity index (χ2v) is 5.62. The minimum Gasteiger partial charge on any atom is -0.507 e. The Balaban J connectivity index is 2.09. The highest BCUT2D eigenvalue weighted by Gasteiger charge is 2.09. The second-order valence-electron chi connectivity index (χ2n) is 4.64. The van der Waals surface area contributed by atoms with E-state index < -0.39 is 0 Å². The van der Waals surface area contributed by atoms with Crippen LogP contribution in [-0.2, 0) is 0 Å². The lowest BCUT2D eigenvalue weighted by atomic mass is 10.1. The first-order chi connectivity index (χ1) is 10.1. The molecule has 0 bridgehead atoms. The van der Waals surface area contributed by atoms with Gasteiger partial charge in [-0.25, -0.2) is 0 Å². The van der Waals surface area contributed by atoms with Crippen molar-refractivity contribution in [2.24, 2.45) is 0 Å². The number of phenols is 1. The highest BCUT2D eigenvalue weighted by Crippen LogP contribution is 2.25. The average Bonchev–Trinajstić information content (AvgIpc) is 2.96. The van der Waals surface area contributed by atoms with Gasteiger partial charge in [0.25, 0.3) is 0 Å². The maximum Gasteiger partial charge on any atom is 0.189 e. The Hall–Kier alpha value is -2.33. The minimum atomic E-state index is -0.243. The van der Waals surface area contributed by atoms with Gasteiger partial charge in [-0.15, -0.1) is 11.3 Å². The third kappa shape index (κ3) is 4.33. The fourth-order valence-electron chi connectivity index (χ4n) is 1.65. The van der Waals surface area contributed by atoms with Crippen LogP contribution in [0, 0.1) is 0 Å². The number of allylic oxidation sites excluding steroid dienone is 1. The molecular formula is C17H16O3S. The molecule has 4 heteroatoms. The molecule has 1 heterocycles. The van der Waals surface area contributed by atoms with Gasteiger partial charge < -0.3 is 9.84 Å². The molecule has 3 nitrogen and oxygen atoms in total. The number of hydrogen-bond donors (Lipinski definition) is 1. The molecule has 1 N–H and O–H groups in total. The molecule has 2 aromatic rings. The molecule has 0 saturated heterocycles. The third-order valence-corrected chi connectivity index (χ3v) is 3.50. The largest absolute Gasteiger partial charge is 0.507 e. The van der Waals surface area contributed by atoms with Crippen LogP contribution in [0.1, 0.15) is 22.2 Å². The van der Waals surface area contributed by atoms with Crippen molar-refractivity contribution >= 4 is 23.2 Å². The second kappa shape index (κ2) is 6.90. The zero-order valence-corrected chi connectivity index (χ0v) is 12.5. The highest BCUT2D eigenvalue weighted by molar-refractivity contribution is 7.10. The first-order valence-electron chi connectivity index (χ1n) is 6.42. The Morgan fingerprint density at radius 3 is 2.86 bits per heavy atom. The number of thiophene rings is 1. The number of carbonyl (C=O) groups is 1. The van der Waals surface area contributed by atoms with Crippen LogP contribution >= 0.6 is 11.3 Å². The molecule has 0 aliphatic carbocycles. The molecule has 0 fully saturated rings. The van der Waals surface area contributed by atoms with Crippen LogP contribution in [0.3, 0.4) is 0 Å². The number of hydrogen-bond acceptors (Lipinski definition) is 4. The van der Waals surface area contributed by atoms with Gasteiger partial charge in [-0.1, -0.05) is 12.6 Å². The molecule has 108 valence electrons. The van der Waals surface area contributed by atoms with Crippen LogP contribution in [0.2, 0.25) is 0 Å². The number of benzene rings is 1. The monoisotopic (exact) mass is 300 g/mol. The van der Waals surface area contributed by atoms with Crippen molar-refractivity contribution in [3.05, 3.63) is 64.4 Å². The summed E-state index contributed by atoms with van der Waals surface area (Å²) in [4.78, 5) is 13.0. The summed E-state index contributed by atoms with van der Waals surface area (Å²) >= 11 is 1.55. The summed E-state index contributed by atoms with van der Waals surface area (Å²) in [5.41, 5.74) is 1.14. The van der Waals surface area contributed by atoms with Crippen LogP contribution in [0.25, 0.3) is 6.08 Å². The van der Waals surface area contributed by atoms with Crippen LogP contribution in [0.5, 0.6) is 11.5 Å². The Kier molecular flexibility index (Phi) is 4.95. The lowest BCUT2D eigenvalue weighted by Crippen LogP contribution is -1.99. The van der Waals surface area contributed by atoms with E-state index in [1.165, 1.54) is 12.1 Å². The lowest BCUT2D eigenvalue weighted by Gasteiger charge is -2.07. The molecule has 0 unspecified atom stereocenters. The third-order valence-electron chi connectivity index (χ3n) is 2.66. The first-order valence-corrected chi connectivity index (χ1v) is 7.30. The van der Waals surface area contributed by atoms with E-state index in [4.69, 9.17) is 4.74 Å². The lowest BCUT2D eigenvalue weighted by molar-refractivity contribution is 0.104. The smallest absolute Gasteiger partial charge is 0.189 e. The molecular weight excluding hydrogens is 284 g/mol. The normalized spacial score (nSPS) is 10.7. The van der Waals surface area contributed by atoms with E-state index in [-0.39, 0.29) is 17.1 Å². The van der Waals surface area contributed by atoms with Gasteiger partial charge in [0.1, 0.15) is 18.1 Å². The molecule has 0 aliphatic heterocycles. The van der Waals surface area contributed by atoms with E-state index in [0.717, 1.165) is 10.5 Å². The number of phenolic OH excluding ortho intramolecular Hbond substituents is 1. The zero-order valence-electron chi connectivity index (χ0n) is 11.7. The molecule has 1 aromatic heterocycles. The van der Waals surface area contributed by atoms with Gasteiger partial charge >= 0.3 is 0 Å². The number of rotatable bonds is 6. The van der Waals surface area contributed by atoms with Crippen LogP contribution in [0.15, 0.2) is 53.9 Å². The summed E-state index contributed by atoms with van der Waals surface area (Å²) < 4.78 is 5.41. The summed E-state index contributed by atoms with van der Waals surface area (Å²) in [5, 5.41) is 11.9. The minimum absolute atomic E-state index is 0.0879. The van der Waals surface area contributed by atoms with Gasteiger partial charge in [0.05, 0.1) is 5.56 Å². The summed E-state index contributed by atoms with van der Waals surface area (Å²) in [7, 11) is 0. The van der Waals surface area contributed by atoms with E-state index in [0.29, 0.717) is 12.4 Å². The molecule has 0 amide bonds. The molecule has 1 aromatic carbocycles. The predicted molar refractivity (Wildman–Crippen MR) is 86.1 cm³/mol. The maximum absolute atomic E-state index is 12.0. The van der Waals surface area contributed by atoms with Crippen LogP contribution < -0.4 is 4.74 Å². The zero-order chi connectivity index (χ0) is 15.2. The quantitative estimate of drug-likeness (QED) is 0.491. The molecule has 0 atom stereocenters. The molecule has 2 rings (SSSR count). The Labute approximate surface area is 127 Å². The summed E-state index contributed by atoms with van der Waals surface area (Å²) in [6.07, 6.45) is 3.19. The van der Waals surface area contributed by atoms with Crippen LogP contribution in [-0.4, -0.2) is 17.5 Å². The van der Waals surface area contributed by atoms with Crippen molar-refractivity contribution in [3.63, 3.8) is 0 Å². The van der Waals surface area contributed by atoms with Gasteiger partial charge in [-0.3, -0.25) is 4.79 Å². The fourth-order valence-corrected chi connectivity index (χ4v) is 2.27. The van der Waals surface area contributed by atoms with Gasteiger partial charge in [0, 0.05) is 10.9 Å². The van der Waals surface area contributed by atoms with Crippen molar-refractivity contribution in [2.75, 3.05) is 6.61 Å². The summed E-state index contributed by atoms with van der Waals surface area (Å²) in [5.74, 6) is 0.177. The Morgan fingerprint density at radius 1 is 1.43 bits per heavy atom. The standard InChI is InChI=1S/C17H16O3S/c1-12(2)11-20-13-5-7-15(17(19)10-13)16(18)8-6-14-4-3-9-21-14/h3-10,19H,1,11H2,2H3. The SMILES string of the molecule is C=C(C)COc1ccc(C(=O)C=Cc2cccs2)c(O)c1. The number of ketones is 1. The van der Waals surface area contributed by atoms with Gasteiger partial charge in [-0.2, -0.15) is 0 Å². The number of aromatic hydroxyl groups is 1. The molecule has 0 spiro atoms. The van der Waals surface area contributed by atoms with Gasteiger partial charge in [0.15, 0.2) is 5.78 Å². The Morgan fingerprint density at radius 2 is 2.24 bits per heavy atom. The predicted octanol–water partition coefficient (Wildman–Crippen LogP) is 4.30. The number of ether oxygens (including phenoxy) is 1. The van der Waals surface area contributed by atoms with E-state index in [1.54, 1.807) is 29.5 Å². The number of carbonyl (C=O) groups excluding carboxylic acids is 1. The van der Waals surface area contributed by atoms with Crippen molar-refractivity contribution in [2.45, 2.75) is 6.92 Å². The van der Waals surface area contributed by atoms with E-state index in [2.05, 4.69) is 6.58 Å². The van der Waals surface area contributed by atoms with Crippen LogP contribution in [0.4, 0.5) is 0 Å². The topological polar surface area (TPSA) is 46.5 Å². The maximum atomic E-state index is 12.0. The van der Waals surface area contributed by atoms with Crippen molar-refractivity contribution in [1.29, 1.82) is 0 Å².